The maximum atomic E-state index is 12.8. The average molecular weight is 330 g/mol. The first-order valence-corrected chi connectivity index (χ1v) is 7.85. The van der Waals surface area contributed by atoms with Crippen LogP contribution in [0.25, 0.3) is 0 Å². The van der Waals surface area contributed by atoms with Gasteiger partial charge >= 0.3 is 5.97 Å². The third kappa shape index (κ3) is 3.45. The molecule has 126 valence electrons. The highest BCUT2D eigenvalue weighted by atomic mass is 19.3. The van der Waals surface area contributed by atoms with Crippen molar-refractivity contribution in [1.82, 2.24) is 0 Å². The van der Waals surface area contributed by atoms with Gasteiger partial charge in [0.25, 0.3) is 0 Å². The van der Waals surface area contributed by atoms with E-state index < -0.39 is 11.9 Å². The number of phenolic OH excluding ortho intramolecular Hbond substituents is 1. The van der Waals surface area contributed by atoms with Gasteiger partial charge in [-0.15, -0.1) is 0 Å². The minimum Gasteiger partial charge on any atom is -0.508 e. The van der Waals surface area contributed by atoms with Crippen LogP contribution in [-0.2, 0) is 16.2 Å². The summed E-state index contributed by atoms with van der Waals surface area (Å²) in [6.45, 7) is 4.00. The van der Waals surface area contributed by atoms with Crippen molar-refractivity contribution < 1.29 is 24.2 Å². The fraction of sp³-hybridized carbons (Fsp3) is 0.263. The number of carbonyl (C=O) groups is 2. The number of Topliss-reactive ketones (excluding diaryl/α,β-unsaturated/α-hetero) is 1. The summed E-state index contributed by atoms with van der Waals surface area (Å²) in [4.78, 5) is 27.3. The molecule has 2 aromatic rings. The molecule has 1 atom stereocenters. The zero-order valence-electron chi connectivity index (χ0n) is 13.6. The Morgan fingerprint density at radius 1 is 1.21 bits per heavy atom. The molecular formula is C19H19FO4. The van der Waals surface area contributed by atoms with E-state index >= 15 is 0 Å². The molecule has 3 rings (SSSR count). The van der Waals surface area contributed by atoms with E-state index in [4.69, 9.17) is 0 Å². The Morgan fingerprint density at radius 2 is 1.92 bits per heavy atom. The Balaban J connectivity index is 0.00000100. The van der Waals surface area contributed by atoms with Crippen LogP contribution in [0, 0.1) is 0 Å². The minimum absolute atomic E-state index is 0.0747. The summed E-state index contributed by atoms with van der Waals surface area (Å²) in [5.41, 5.74) is 2.68. The van der Waals surface area contributed by atoms with Crippen molar-refractivity contribution >= 4 is 11.8 Å². The second kappa shape index (κ2) is 7.73. The second-order valence-corrected chi connectivity index (χ2v) is 5.29. The summed E-state index contributed by atoms with van der Waals surface area (Å²) in [5.74, 6) is -2.06. The Bertz CT molecular complexity index is 755. The van der Waals surface area contributed by atoms with E-state index in [1.807, 2.05) is 26.0 Å². The summed E-state index contributed by atoms with van der Waals surface area (Å²) >= 11 is 0. The molecule has 24 heavy (non-hydrogen) atoms. The van der Waals surface area contributed by atoms with Gasteiger partial charge in [-0.25, -0.2) is 4.79 Å². The number of hydrogen-bond donors (Lipinski definition) is 1. The smallest absolute Gasteiger partial charge is 0.349 e. The van der Waals surface area contributed by atoms with E-state index in [-0.39, 0.29) is 18.0 Å². The monoisotopic (exact) mass is 330 g/mol. The first kappa shape index (κ1) is 17.7. The van der Waals surface area contributed by atoms with Crippen molar-refractivity contribution in [2.24, 2.45) is 0 Å². The molecule has 0 aliphatic heterocycles. The molecule has 5 heteroatoms. The molecule has 0 amide bonds. The predicted molar refractivity (Wildman–Crippen MR) is 87.6 cm³/mol. The van der Waals surface area contributed by atoms with Crippen LogP contribution in [0.15, 0.2) is 42.5 Å². The molecule has 1 aliphatic carbocycles. The van der Waals surface area contributed by atoms with Crippen LogP contribution in [0.5, 0.6) is 5.75 Å². The lowest BCUT2D eigenvalue weighted by Gasteiger charge is -2.14. The van der Waals surface area contributed by atoms with Crippen LogP contribution in [-0.4, -0.2) is 16.9 Å². The molecule has 1 unspecified atom stereocenters. The van der Waals surface area contributed by atoms with Gasteiger partial charge in [0, 0.05) is 10.1 Å². The van der Waals surface area contributed by atoms with E-state index in [0.717, 1.165) is 5.56 Å². The summed E-state index contributed by atoms with van der Waals surface area (Å²) in [6, 6.07) is 11.7. The number of halogens is 1. The molecule has 0 saturated carbocycles. The maximum Gasteiger partial charge on any atom is 0.349 e. The first-order chi connectivity index (χ1) is 11.6. The highest BCUT2D eigenvalue weighted by molar-refractivity contribution is 6.04. The van der Waals surface area contributed by atoms with Crippen LogP contribution in [0.3, 0.4) is 0 Å². The average Bonchev–Trinajstić information content (AvgIpc) is 2.71. The van der Waals surface area contributed by atoms with Crippen LogP contribution < -0.4 is 0 Å². The van der Waals surface area contributed by atoms with Crippen LogP contribution in [0.1, 0.15) is 53.2 Å². The zero-order valence-corrected chi connectivity index (χ0v) is 13.6. The van der Waals surface area contributed by atoms with Crippen LogP contribution in [0.2, 0.25) is 0 Å². The standard InChI is InChI=1S/C17H13FO4.C2H6/c18-22-16(20)9-15-13-4-2-1-3-10(13)7-11-8-12(19)5-6-14(11)17(15)21;1-2/h1-6,8,15,19H,7,9H2;1-2H3. The quantitative estimate of drug-likeness (QED) is 0.900. The Labute approximate surface area is 139 Å². The molecule has 2 aromatic carbocycles. The molecule has 0 bridgehead atoms. The number of ketones is 1. The zero-order chi connectivity index (χ0) is 17.7. The van der Waals surface area contributed by atoms with Gasteiger partial charge in [-0.3, -0.25) is 9.74 Å². The SMILES string of the molecule is CC.O=C(CC1C(=O)c2ccc(O)cc2Cc2ccccc21)OF. The molecule has 1 aliphatic rings. The number of rotatable bonds is 2. The van der Waals surface area contributed by atoms with Gasteiger partial charge in [0.1, 0.15) is 5.75 Å². The lowest BCUT2D eigenvalue weighted by molar-refractivity contribution is -0.183. The van der Waals surface area contributed by atoms with Gasteiger partial charge in [-0.2, -0.15) is 0 Å². The highest BCUT2D eigenvalue weighted by Gasteiger charge is 2.32. The van der Waals surface area contributed by atoms with Crippen molar-refractivity contribution in [2.75, 3.05) is 0 Å². The van der Waals surface area contributed by atoms with E-state index in [0.29, 0.717) is 23.1 Å². The molecule has 0 heterocycles. The molecule has 1 N–H and O–H groups in total. The summed E-state index contributed by atoms with van der Waals surface area (Å²) in [7, 11) is 0. The fourth-order valence-electron chi connectivity index (χ4n) is 2.94. The summed E-state index contributed by atoms with van der Waals surface area (Å²) in [5, 5.41) is 9.63. The number of phenols is 1. The Kier molecular flexibility index (Phi) is 5.68. The number of carbonyl (C=O) groups excluding carboxylic acids is 2. The summed E-state index contributed by atoms with van der Waals surface area (Å²) < 4.78 is 12.1. The molecule has 4 nitrogen and oxygen atoms in total. The number of benzene rings is 2. The molecule has 0 spiro atoms. The summed E-state index contributed by atoms with van der Waals surface area (Å²) in [6.07, 6.45) is 0.111. The second-order valence-electron chi connectivity index (χ2n) is 5.29. The molecular weight excluding hydrogens is 311 g/mol. The first-order valence-electron chi connectivity index (χ1n) is 7.85. The molecule has 0 aromatic heterocycles. The number of hydrogen-bond acceptors (Lipinski definition) is 4. The van der Waals surface area contributed by atoms with Gasteiger partial charge < -0.3 is 5.11 Å². The highest BCUT2D eigenvalue weighted by Crippen LogP contribution is 2.35. The van der Waals surface area contributed by atoms with E-state index in [9.17, 15) is 19.2 Å². The van der Waals surface area contributed by atoms with E-state index in [2.05, 4.69) is 4.94 Å². The van der Waals surface area contributed by atoms with Gasteiger partial charge in [0.15, 0.2) is 5.78 Å². The van der Waals surface area contributed by atoms with Gasteiger partial charge in [-0.05, 0) is 41.3 Å². The lowest BCUT2D eigenvalue weighted by Crippen LogP contribution is -2.17. The third-order valence-electron chi connectivity index (χ3n) is 3.94. The fourth-order valence-corrected chi connectivity index (χ4v) is 2.94. The van der Waals surface area contributed by atoms with Crippen molar-refractivity contribution in [3.8, 4) is 5.75 Å². The van der Waals surface area contributed by atoms with Crippen molar-refractivity contribution in [3.05, 3.63) is 64.7 Å². The largest absolute Gasteiger partial charge is 0.508 e. The van der Waals surface area contributed by atoms with Crippen molar-refractivity contribution in [2.45, 2.75) is 32.6 Å². The van der Waals surface area contributed by atoms with Crippen molar-refractivity contribution in [1.29, 1.82) is 0 Å². The Hall–Kier alpha value is -2.69. The molecule has 0 saturated heterocycles. The van der Waals surface area contributed by atoms with Crippen LogP contribution >= 0.6 is 0 Å². The van der Waals surface area contributed by atoms with E-state index in [1.165, 1.54) is 12.1 Å². The minimum atomic E-state index is -1.07. The van der Waals surface area contributed by atoms with Crippen molar-refractivity contribution in [3.63, 3.8) is 0 Å². The lowest BCUT2D eigenvalue weighted by atomic mass is 9.88. The topological polar surface area (TPSA) is 63.6 Å². The molecule has 0 fully saturated rings. The van der Waals surface area contributed by atoms with Gasteiger partial charge in [-0.1, -0.05) is 38.1 Å². The maximum absolute atomic E-state index is 12.8. The van der Waals surface area contributed by atoms with Gasteiger partial charge in [0.2, 0.25) is 0 Å². The van der Waals surface area contributed by atoms with E-state index in [1.54, 1.807) is 18.2 Å². The predicted octanol–water partition coefficient (Wildman–Crippen LogP) is 4.11. The number of aromatic hydroxyl groups is 1. The normalized spacial score (nSPS) is 15.3. The molecule has 0 radical (unpaired) electrons. The number of fused-ring (bicyclic) bond motifs is 2. The van der Waals surface area contributed by atoms with Gasteiger partial charge in [0.05, 0.1) is 12.3 Å². The van der Waals surface area contributed by atoms with Crippen LogP contribution in [0.4, 0.5) is 4.53 Å². The Morgan fingerprint density at radius 3 is 2.62 bits per heavy atom. The third-order valence-corrected chi connectivity index (χ3v) is 3.94.